The topological polar surface area (TPSA) is 199 Å². The number of azo groups is 2. The zero-order valence-corrected chi connectivity index (χ0v) is 29.9. The molecular weight excluding hydrogens is 680 g/mol. The van der Waals surface area contributed by atoms with E-state index in [2.05, 4.69) is 20.5 Å². The Hall–Kier alpha value is -4.54. The Bertz CT molecular complexity index is 2400. The van der Waals surface area contributed by atoms with Gasteiger partial charge in [0.1, 0.15) is 21.2 Å². The number of fused-ring (bicyclic) bond motifs is 2. The van der Waals surface area contributed by atoms with E-state index in [1.807, 2.05) is 38.1 Å². The van der Waals surface area contributed by atoms with Gasteiger partial charge in [0.15, 0.2) is 11.5 Å². The summed E-state index contributed by atoms with van der Waals surface area (Å²) in [4.78, 5) is -0.792. The van der Waals surface area contributed by atoms with Crippen LogP contribution in [0.5, 0.6) is 11.5 Å². The van der Waals surface area contributed by atoms with Crippen LogP contribution in [0.3, 0.4) is 0 Å². The van der Waals surface area contributed by atoms with Gasteiger partial charge in [0.2, 0.25) is 0 Å². The van der Waals surface area contributed by atoms with Gasteiger partial charge in [-0.2, -0.15) is 27.1 Å². The summed E-state index contributed by atoms with van der Waals surface area (Å²) in [6.45, 7) is 3.63. The number of hydrogen-bond acceptors (Lipinski definition) is 10. The molecule has 0 aliphatic heterocycles. The van der Waals surface area contributed by atoms with Crippen molar-refractivity contribution >= 4 is 94.1 Å². The van der Waals surface area contributed by atoms with Crippen LogP contribution in [0, 0.1) is 13.8 Å². The normalized spacial score (nSPS) is 12.2. The Morgan fingerprint density at radius 2 is 0.796 bits per heavy atom. The Morgan fingerprint density at radius 1 is 0.469 bits per heavy atom. The minimum absolute atomic E-state index is 0. The SMILES string of the molecule is Cc1cc(-c2ccc(N=Nc3cc(S(=O)(=O)O)c4ccccc4c3O)c(C)c2)ccc1N=Nc1cc(S(=O)(=O)O)c2ccccc2c1O.[Na]. The zero-order valence-electron chi connectivity index (χ0n) is 26.3. The minimum atomic E-state index is -4.61. The summed E-state index contributed by atoms with van der Waals surface area (Å²) in [5, 5.41) is 38.8. The van der Waals surface area contributed by atoms with E-state index in [1.165, 1.54) is 24.3 Å². The molecule has 6 aromatic rings. The molecule has 49 heavy (non-hydrogen) atoms. The molecule has 15 heteroatoms. The van der Waals surface area contributed by atoms with E-state index in [9.17, 15) is 36.2 Å². The van der Waals surface area contributed by atoms with Gasteiger partial charge >= 0.3 is 0 Å². The number of hydrogen-bond donors (Lipinski definition) is 4. The van der Waals surface area contributed by atoms with Crippen LogP contribution in [-0.4, -0.2) is 65.7 Å². The van der Waals surface area contributed by atoms with Crippen molar-refractivity contribution in [1.29, 1.82) is 0 Å². The molecule has 0 aliphatic carbocycles. The van der Waals surface area contributed by atoms with E-state index in [1.54, 1.807) is 36.4 Å². The second-order valence-corrected chi connectivity index (χ2v) is 13.7. The fraction of sp³-hybridized carbons (Fsp3) is 0.0588. The summed E-state index contributed by atoms with van der Waals surface area (Å²) >= 11 is 0. The Morgan fingerprint density at radius 3 is 1.12 bits per heavy atom. The Kier molecular flexibility index (Phi) is 10.0. The molecule has 0 spiro atoms. The number of phenols is 2. The average Bonchev–Trinajstić information content (AvgIpc) is 3.04. The maximum Gasteiger partial charge on any atom is 0.295 e. The molecule has 0 saturated heterocycles. The van der Waals surface area contributed by atoms with Gasteiger partial charge in [0, 0.05) is 51.1 Å². The largest absolute Gasteiger partial charge is 0.505 e. The van der Waals surface area contributed by atoms with Gasteiger partial charge in [-0.25, -0.2) is 0 Å². The molecule has 0 heterocycles. The molecule has 0 atom stereocenters. The molecule has 1 radical (unpaired) electrons. The van der Waals surface area contributed by atoms with Crippen LogP contribution in [0.1, 0.15) is 11.1 Å². The second-order valence-electron chi connectivity index (χ2n) is 10.9. The van der Waals surface area contributed by atoms with Crippen molar-refractivity contribution in [3.63, 3.8) is 0 Å². The molecule has 6 rings (SSSR count). The second kappa shape index (κ2) is 13.8. The monoisotopic (exact) mass is 705 g/mol. The van der Waals surface area contributed by atoms with E-state index in [0.29, 0.717) is 11.4 Å². The van der Waals surface area contributed by atoms with Crippen LogP contribution in [-0.2, 0) is 20.2 Å². The molecule has 6 aromatic carbocycles. The predicted molar refractivity (Wildman–Crippen MR) is 186 cm³/mol. The van der Waals surface area contributed by atoms with Gasteiger partial charge in [-0.1, -0.05) is 60.7 Å². The number of aromatic hydroxyl groups is 2. The van der Waals surface area contributed by atoms with Crippen molar-refractivity contribution in [2.24, 2.45) is 20.5 Å². The summed E-state index contributed by atoms with van der Waals surface area (Å²) in [5.74, 6) is -0.558. The van der Waals surface area contributed by atoms with Gasteiger partial charge in [-0.15, -0.1) is 10.2 Å². The third-order valence-corrected chi connectivity index (χ3v) is 9.52. The molecule has 0 fully saturated rings. The predicted octanol–water partition coefficient (Wildman–Crippen LogP) is 8.63. The average molecular weight is 706 g/mol. The number of nitrogens with zero attached hydrogens (tertiary/aromatic N) is 4. The first-order valence-corrected chi connectivity index (χ1v) is 17.1. The fourth-order valence-corrected chi connectivity index (χ4v) is 6.75. The van der Waals surface area contributed by atoms with Crippen LogP contribution in [0.2, 0.25) is 0 Å². The van der Waals surface area contributed by atoms with E-state index in [0.717, 1.165) is 34.4 Å². The van der Waals surface area contributed by atoms with Crippen molar-refractivity contribution < 1.29 is 36.2 Å². The summed E-state index contributed by atoms with van der Waals surface area (Å²) in [7, 11) is -9.21. The molecule has 0 aliphatic rings. The van der Waals surface area contributed by atoms with Crippen molar-refractivity contribution in [1.82, 2.24) is 0 Å². The molecule has 0 unspecified atom stereocenters. The van der Waals surface area contributed by atoms with Gasteiger partial charge in [0.25, 0.3) is 20.2 Å². The van der Waals surface area contributed by atoms with E-state index < -0.39 is 30.0 Å². The molecule has 0 saturated carbocycles. The summed E-state index contributed by atoms with van der Waals surface area (Å²) < 4.78 is 67.5. The maximum atomic E-state index is 12.0. The van der Waals surface area contributed by atoms with Crippen LogP contribution < -0.4 is 0 Å². The number of rotatable bonds is 7. The standard InChI is InChI=1S/C34H26N4O8S2.Na/c1-19-15-21(11-13-27(19)35-37-29-17-31(47(41,42)43)23-7-3-5-9-25(23)33(29)39)22-12-14-28(20(2)16-22)36-38-30-18-32(48(44,45)46)24-8-4-6-10-26(24)34(30)40;/h3-18,39-40H,1-2H3,(H,41,42,43)(H,44,45,46);. The zero-order chi connectivity index (χ0) is 34.4. The minimum Gasteiger partial charge on any atom is -0.505 e. The van der Waals surface area contributed by atoms with Crippen molar-refractivity contribution in [3.8, 4) is 22.6 Å². The molecule has 0 amide bonds. The first kappa shape index (κ1) is 35.8. The van der Waals surface area contributed by atoms with Gasteiger partial charge in [-0.05, 0) is 72.5 Å². The third-order valence-electron chi connectivity index (χ3n) is 7.73. The van der Waals surface area contributed by atoms with Crippen molar-refractivity contribution in [2.75, 3.05) is 0 Å². The van der Waals surface area contributed by atoms with E-state index >= 15 is 0 Å². The van der Waals surface area contributed by atoms with Crippen molar-refractivity contribution in [3.05, 3.63) is 108 Å². The van der Waals surface area contributed by atoms with Gasteiger partial charge in [-0.3, -0.25) is 9.11 Å². The summed E-state index contributed by atoms with van der Waals surface area (Å²) in [5.41, 5.74) is 3.80. The van der Waals surface area contributed by atoms with Gasteiger partial charge < -0.3 is 10.2 Å². The van der Waals surface area contributed by atoms with Crippen LogP contribution >= 0.6 is 0 Å². The molecule has 4 N–H and O–H groups in total. The fourth-order valence-electron chi connectivity index (χ4n) is 5.31. The molecule has 12 nitrogen and oxygen atoms in total. The molecule has 0 bridgehead atoms. The molecule has 0 aromatic heterocycles. The summed E-state index contributed by atoms with van der Waals surface area (Å²) in [6, 6.07) is 25.3. The first-order chi connectivity index (χ1) is 22.7. The van der Waals surface area contributed by atoms with Crippen LogP contribution in [0.4, 0.5) is 22.7 Å². The molecular formula is C34H26N4NaO8S2. The van der Waals surface area contributed by atoms with Crippen LogP contribution in [0.25, 0.3) is 32.7 Å². The third kappa shape index (κ3) is 7.26. The van der Waals surface area contributed by atoms with Gasteiger partial charge in [0.05, 0.1) is 11.4 Å². The quantitative estimate of drug-likeness (QED) is 0.0718. The van der Waals surface area contributed by atoms with E-state index in [4.69, 9.17) is 0 Å². The Balaban J connectivity index is 0.00000468. The number of phenolic OH excluding ortho intramolecular Hbond substituents is 2. The number of benzene rings is 6. The smallest absolute Gasteiger partial charge is 0.295 e. The van der Waals surface area contributed by atoms with E-state index in [-0.39, 0.29) is 74.0 Å². The summed E-state index contributed by atoms with van der Waals surface area (Å²) in [6.07, 6.45) is 0. The first-order valence-electron chi connectivity index (χ1n) is 14.2. The molecule has 243 valence electrons. The maximum absolute atomic E-state index is 12.0. The van der Waals surface area contributed by atoms with Crippen LogP contribution in [0.15, 0.2) is 127 Å². The Labute approximate surface area is 303 Å². The van der Waals surface area contributed by atoms with Crippen molar-refractivity contribution in [2.45, 2.75) is 23.6 Å². The number of aryl methyl sites for hydroxylation is 2.